The molecule has 1 rings (SSSR count). The van der Waals surface area contributed by atoms with Crippen molar-refractivity contribution in [3.63, 3.8) is 0 Å². The lowest BCUT2D eigenvalue weighted by atomic mass is 9.92. The van der Waals surface area contributed by atoms with Gasteiger partial charge in [0.25, 0.3) is 0 Å². The molecule has 0 aromatic heterocycles. The number of rotatable bonds is 3. The van der Waals surface area contributed by atoms with Crippen molar-refractivity contribution in [2.24, 2.45) is 16.3 Å². The van der Waals surface area contributed by atoms with E-state index in [4.69, 9.17) is 4.99 Å². The molecule has 0 aromatic rings. The van der Waals surface area contributed by atoms with Crippen molar-refractivity contribution in [2.75, 3.05) is 26.2 Å². The van der Waals surface area contributed by atoms with Gasteiger partial charge in [-0.3, -0.25) is 4.99 Å². The number of hydrogen-bond donors (Lipinski definition) is 1. The van der Waals surface area contributed by atoms with Crippen LogP contribution in [0.4, 0.5) is 0 Å². The highest BCUT2D eigenvalue weighted by Gasteiger charge is 2.18. The first-order valence-corrected chi connectivity index (χ1v) is 7.45. The van der Waals surface area contributed by atoms with Crippen LogP contribution in [0.15, 0.2) is 4.99 Å². The summed E-state index contributed by atoms with van der Waals surface area (Å²) < 4.78 is 0. The minimum Gasteiger partial charge on any atom is -0.357 e. The number of halogens is 1. The average Bonchev–Trinajstić information content (AvgIpc) is 2.27. The van der Waals surface area contributed by atoms with Crippen LogP contribution < -0.4 is 5.32 Å². The summed E-state index contributed by atoms with van der Waals surface area (Å²) in [6.45, 7) is 15.5. The maximum atomic E-state index is 4.78. The van der Waals surface area contributed by atoms with Crippen LogP contribution in [0, 0.1) is 11.3 Å². The summed E-state index contributed by atoms with van der Waals surface area (Å²) in [6, 6.07) is 0. The van der Waals surface area contributed by atoms with Gasteiger partial charge in [0, 0.05) is 26.2 Å². The molecule has 0 aliphatic carbocycles. The summed E-state index contributed by atoms with van der Waals surface area (Å²) in [7, 11) is 0. The third-order valence-electron chi connectivity index (χ3n) is 3.54. The molecule has 19 heavy (non-hydrogen) atoms. The van der Waals surface area contributed by atoms with Crippen LogP contribution >= 0.6 is 24.0 Å². The fraction of sp³-hybridized carbons (Fsp3) is 0.933. The molecule has 0 saturated carbocycles. The summed E-state index contributed by atoms with van der Waals surface area (Å²) in [5.74, 6) is 1.99. The Morgan fingerprint density at radius 1 is 1.26 bits per heavy atom. The van der Waals surface area contributed by atoms with Gasteiger partial charge in [0.1, 0.15) is 0 Å². The van der Waals surface area contributed by atoms with Crippen LogP contribution in [-0.4, -0.2) is 37.0 Å². The summed E-state index contributed by atoms with van der Waals surface area (Å²) in [6.07, 6.45) is 3.74. The van der Waals surface area contributed by atoms with E-state index in [1.165, 1.54) is 12.8 Å². The molecule has 3 nitrogen and oxygen atoms in total. The molecule has 1 saturated heterocycles. The molecule has 1 aliphatic rings. The summed E-state index contributed by atoms with van der Waals surface area (Å²) in [5, 5.41) is 3.43. The van der Waals surface area contributed by atoms with Crippen molar-refractivity contribution in [3.05, 3.63) is 0 Å². The standard InChI is InChI=1S/C15H31N3.HI/c1-6-16-14(17-10-9-15(3,4)5)18-11-7-13(2)8-12-18;/h13H,6-12H2,1-5H3,(H,16,17);1H. The van der Waals surface area contributed by atoms with Gasteiger partial charge in [-0.1, -0.05) is 27.7 Å². The second-order valence-corrected chi connectivity index (χ2v) is 6.72. The van der Waals surface area contributed by atoms with Crippen LogP contribution in [0.1, 0.15) is 53.9 Å². The summed E-state index contributed by atoms with van der Waals surface area (Å²) >= 11 is 0. The molecule has 4 heteroatoms. The Hall–Kier alpha value is 0. The van der Waals surface area contributed by atoms with Gasteiger partial charge < -0.3 is 10.2 Å². The largest absolute Gasteiger partial charge is 0.357 e. The van der Waals surface area contributed by atoms with E-state index in [9.17, 15) is 0 Å². The number of aliphatic imine (C=N–C) groups is 1. The summed E-state index contributed by atoms with van der Waals surface area (Å²) in [5.41, 5.74) is 0.372. The molecule has 1 aliphatic heterocycles. The minimum absolute atomic E-state index is 0. The predicted molar refractivity (Wildman–Crippen MR) is 95.4 cm³/mol. The highest BCUT2D eigenvalue weighted by molar-refractivity contribution is 14.0. The quantitative estimate of drug-likeness (QED) is 0.458. The second kappa shape index (κ2) is 9.03. The lowest BCUT2D eigenvalue weighted by Crippen LogP contribution is -2.45. The van der Waals surface area contributed by atoms with Crippen LogP contribution in [0.25, 0.3) is 0 Å². The zero-order chi connectivity index (χ0) is 13.6. The Labute approximate surface area is 136 Å². The van der Waals surface area contributed by atoms with Gasteiger partial charge in [-0.15, -0.1) is 24.0 Å². The normalized spacial score (nSPS) is 18.2. The number of nitrogens with one attached hydrogen (secondary N) is 1. The van der Waals surface area contributed by atoms with Gasteiger partial charge in [0.05, 0.1) is 0 Å². The topological polar surface area (TPSA) is 27.6 Å². The van der Waals surface area contributed by atoms with Crippen LogP contribution in [0.5, 0.6) is 0 Å². The molecule has 0 aromatic carbocycles. The molecule has 0 atom stereocenters. The molecule has 0 unspecified atom stereocenters. The highest BCUT2D eigenvalue weighted by atomic mass is 127. The molecule has 114 valence electrons. The molecular weight excluding hydrogens is 349 g/mol. The molecule has 1 heterocycles. The number of likely N-dealkylation sites (tertiary alicyclic amines) is 1. The monoisotopic (exact) mass is 381 g/mol. The zero-order valence-corrected chi connectivity index (χ0v) is 15.7. The third-order valence-corrected chi connectivity index (χ3v) is 3.54. The summed E-state index contributed by atoms with van der Waals surface area (Å²) in [4.78, 5) is 7.20. The van der Waals surface area contributed by atoms with Crippen molar-refractivity contribution in [1.82, 2.24) is 10.2 Å². The second-order valence-electron chi connectivity index (χ2n) is 6.72. The van der Waals surface area contributed by atoms with E-state index in [2.05, 4.69) is 44.8 Å². The van der Waals surface area contributed by atoms with Crippen molar-refractivity contribution in [1.29, 1.82) is 0 Å². The lowest BCUT2D eigenvalue weighted by molar-refractivity contribution is 0.273. The number of hydrogen-bond acceptors (Lipinski definition) is 1. The number of nitrogens with zero attached hydrogens (tertiary/aromatic N) is 2. The first-order valence-electron chi connectivity index (χ1n) is 7.45. The molecule has 0 spiro atoms. The van der Waals surface area contributed by atoms with Crippen molar-refractivity contribution >= 4 is 29.9 Å². The van der Waals surface area contributed by atoms with E-state index >= 15 is 0 Å². The van der Waals surface area contributed by atoms with Gasteiger partial charge >= 0.3 is 0 Å². The van der Waals surface area contributed by atoms with Crippen LogP contribution in [0.3, 0.4) is 0 Å². The van der Waals surface area contributed by atoms with E-state index in [1.807, 2.05) is 0 Å². The van der Waals surface area contributed by atoms with Gasteiger partial charge in [0.2, 0.25) is 0 Å². The molecule has 1 N–H and O–H groups in total. The smallest absolute Gasteiger partial charge is 0.193 e. The van der Waals surface area contributed by atoms with Crippen molar-refractivity contribution in [2.45, 2.75) is 53.9 Å². The first-order chi connectivity index (χ1) is 8.42. The zero-order valence-electron chi connectivity index (χ0n) is 13.3. The van der Waals surface area contributed by atoms with Gasteiger partial charge in [-0.05, 0) is 37.5 Å². The third kappa shape index (κ3) is 8.00. The average molecular weight is 381 g/mol. The van der Waals surface area contributed by atoms with Crippen molar-refractivity contribution < 1.29 is 0 Å². The molecule has 0 bridgehead atoms. The van der Waals surface area contributed by atoms with Gasteiger partial charge in [0.15, 0.2) is 5.96 Å². The van der Waals surface area contributed by atoms with Crippen LogP contribution in [-0.2, 0) is 0 Å². The number of guanidine groups is 1. The van der Waals surface area contributed by atoms with Gasteiger partial charge in [-0.2, -0.15) is 0 Å². The molecule has 1 fully saturated rings. The maximum absolute atomic E-state index is 4.78. The Morgan fingerprint density at radius 3 is 2.32 bits per heavy atom. The Kier molecular flexibility index (Phi) is 9.03. The number of piperidine rings is 1. The Bertz CT molecular complexity index is 263. The van der Waals surface area contributed by atoms with Crippen LogP contribution in [0.2, 0.25) is 0 Å². The molecule has 0 amide bonds. The SMILES string of the molecule is CCNC(=NCCC(C)(C)C)N1CCC(C)CC1.I. The fourth-order valence-corrected chi connectivity index (χ4v) is 2.14. The maximum Gasteiger partial charge on any atom is 0.193 e. The van der Waals surface area contributed by atoms with Crippen molar-refractivity contribution in [3.8, 4) is 0 Å². The fourth-order valence-electron chi connectivity index (χ4n) is 2.14. The molecule has 0 radical (unpaired) electrons. The van der Waals surface area contributed by atoms with E-state index in [0.29, 0.717) is 5.41 Å². The van der Waals surface area contributed by atoms with E-state index < -0.39 is 0 Å². The Morgan fingerprint density at radius 2 is 1.84 bits per heavy atom. The predicted octanol–water partition coefficient (Wildman–Crippen LogP) is 3.74. The highest BCUT2D eigenvalue weighted by Crippen LogP contribution is 2.19. The van der Waals surface area contributed by atoms with E-state index in [-0.39, 0.29) is 24.0 Å². The Balaban J connectivity index is 0.00000324. The van der Waals surface area contributed by atoms with Gasteiger partial charge in [-0.25, -0.2) is 0 Å². The first kappa shape index (κ1) is 19.0. The lowest BCUT2D eigenvalue weighted by Gasteiger charge is -2.33. The van der Waals surface area contributed by atoms with E-state index in [1.54, 1.807) is 0 Å². The van der Waals surface area contributed by atoms with E-state index in [0.717, 1.165) is 44.5 Å². The molecular formula is C15H32IN3. The minimum atomic E-state index is 0.